The zero-order valence-corrected chi connectivity index (χ0v) is 12.1. The Morgan fingerprint density at radius 1 is 1.35 bits per heavy atom. The van der Waals surface area contributed by atoms with Crippen molar-refractivity contribution in [2.24, 2.45) is 0 Å². The highest BCUT2D eigenvalue weighted by molar-refractivity contribution is 14.1. The van der Waals surface area contributed by atoms with Gasteiger partial charge in [0, 0.05) is 26.6 Å². The third-order valence-corrected chi connectivity index (χ3v) is 3.78. The van der Waals surface area contributed by atoms with Gasteiger partial charge in [-0.25, -0.2) is 0 Å². The predicted molar refractivity (Wildman–Crippen MR) is 73.4 cm³/mol. The molecule has 1 heterocycles. The average molecular weight is 399 g/mol. The van der Waals surface area contributed by atoms with Crippen molar-refractivity contribution in [1.29, 1.82) is 0 Å². The largest absolute Gasteiger partial charge is 0.573 e. The molecule has 8 heteroatoms. The van der Waals surface area contributed by atoms with Crippen molar-refractivity contribution in [3.8, 4) is 5.75 Å². The molecule has 108 valence electrons. The van der Waals surface area contributed by atoms with Crippen LogP contribution in [0, 0.1) is 3.57 Å². The Labute approximate surface area is 125 Å². The molecule has 2 aromatic rings. The average Bonchev–Trinajstić information content (AvgIpc) is 2.65. The van der Waals surface area contributed by atoms with E-state index in [0.717, 1.165) is 9.26 Å². The molecule has 0 aliphatic heterocycles. The zero-order valence-electron chi connectivity index (χ0n) is 9.96. The lowest BCUT2D eigenvalue weighted by Gasteiger charge is -2.08. The van der Waals surface area contributed by atoms with E-state index in [9.17, 15) is 18.0 Å². The highest BCUT2D eigenvalue weighted by Crippen LogP contribution is 2.30. The first kappa shape index (κ1) is 14.9. The summed E-state index contributed by atoms with van der Waals surface area (Å²) in [5.41, 5.74) is 1.50. The van der Waals surface area contributed by atoms with E-state index < -0.39 is 6.36 Å². The Hall–Kier alpha value is -1.45. The quantitative estimate of drug-likeness (QED) is 0.477. The van der Waals surface area contributed by atoms with Crippen LogP contribution in [0.2, 0.25) is 0 Å². The van der Waals surface area contributed by atoms with Gasteiger partial charge in [-0.05, 0) is 40.8 Å². The van der Waals surface area contributed by atoms with E-state index >= 15 is 0 Å². The van der Waals surface area contributed by atoms with Crippen LogP contribution < -0.4 is 4.74 Å². The van der Waals surface area contributed by atoms with Crippen LogP contribution in [0.15, 0.2) is 18.2 Å². The summed E-state index contributed by atoms with van der Waals surface area (Å²) in [7, 11) is 0. The number of H-pyrrole nitrogens is 1. The maximum atomic E-state index is 12.2. The molecule has 0 amide bonds. The Morgan fingerprint density at radius 3 is 2.75 bits per heavy atom. The standard InChI is InChI=1S/C12H9F3INO3/c13-12(14,15)20-7-1-2-9-8(5-7)11(16)10(17-9)3-4-19-6-18/h1-2,5-6,17H,3-4H2. The second-order valence-electron chi connectivity index (χ2n) is 3.89. The SMILES string of the molecule is O=COCCc1[nH]c2ccc(OC(F)(F)F)cc2c1I. The number of carbonyl (C=O) groups is 1. The van der Waals surface area contributed by atoms with Gasteiger partial charge in [-0.3, -0.25) is 4.79 Å². The fourth-order valence-corrected chi connectivity index (χ4v) is 2.62. The van der Waals surface area contributed by atoms with E-state index in [0.29, 0.717) is 23.8 Å². The molecule has 0 aliphatic rings. The Kier molecular flexibility index (Phi) is 4.41. The monoisotopic (exact) mass is 399 g/mol. The number of ether oxygens (including phenoxy) is 2. The van der Waals surface area contributed by atoms with Crippen molar-refractivity contribution >= 4 is 40.0 Å². The molecule has 1 aromatic heterocycles. The third kappa shape index (κ3) is 3.56. The van der Waals surface area contributed by atoms with Crippen LogP contribution in [0.3, 0.4) is 0 Å². The summed E-state index contributed by atoms with van der Waals surface area (Å²) in [5.74, 6) is -0.266. The predicted octanol–water partition coefficient (Wildman–Crippen LogP) is 3.39. The smallest absolute Gasteiger partial charge is 0.467 e. The van der Waals surface area contributed by atoms with Crippen molar-refractivity contribution < 1.29 is 27.4 Å². The van der Waals surface area contributed by atoms with Gasteiger partial charge in [0.15, 0.2) is 0 Å². The number of hydrogen-bond donors (Lipinski definition) is 1. The molecule has 20 heavy (non-hydrogen) atoms. The highest BCUT2D eigenvalue weighted by Gasteiger charge is 2.31. The van der Waals surface area contributed by atoms with Gasteiger partial charge >= 0.3 is 6.36 Å². The number of fused-ring (bicyclic) bond motifs is 1. The fraction of sp³-hybridized carbons (Fsp3) is 0.250. The molecule has 1 N–H and O–H groups in total. The Morgan fingerprint density at radius 2 is 2.10 bits per heavy atom. The summed E-state index contributed by atoms with van der Waals surface area (Å²) < 4.78 is 45.8. The number of aromatic nitrogens is 1. The molecule has 4 nitrogen and oxygen atoms in total. The van der Waals surface area contributed by atoms with Crippen molar-refractivity contribution in [1.82, 2.24) is 4.98 Å². The molecule has 0 saturated carbocycles. The van der Waals surface area contributed by atoms with E-state index in [-0.39, 0.29) is 12.4 Å². The van der Waals surface area contributed by atoms with E-state index in [4.69, 9.17) is 0 Å². The molecule has 1 aromatic carbocycles. The summed E-state index contributed by atoms with van der Waals surface area (Å²) in [6.45, 7) is 0.559. The van der Waals surface area contributed by atoms with E-state index in [2.05, 4.69) is 14.5 Å². The first-order chi connectivity index (χ1) is 9.40. The van der Waals surface area contributed by atoms with Gasteiger partial charge in [0.05, 0.1) is 6.61 Å². The summed E-state index contributed by atoms with van der Waals surface area (Å²) in [5, 5.41) is 0.633. The summed E-state index contributed by atoms with van der Waals surface area (Å²) in [4.78, 5) is 13.1. The van der Waals surface area contributed by atoms with Gasteiger partial charge in [-0.2, -0.15) is 0 Å². The highest BCUT2D eigenvalue weighted by atomic mass is 127. The number of alkyl halides is 3. The molecule has 0 atom stereocenters. The van der Waals surface area contributed by atoms with E-state index in [1.54, 1.807) is 0 Å². The Balaban J connectivity index is 2.28. The second kappa shape index (κ2) is 5.90. The number of rotatable bonds is 5. The summed E-state index contributed by atoms with van der Waals surface area (Å²) in [6.07, 6.45) is -4.25. The summed E-state index contributed by atoms with van der Waals surface area (Å²) in [6, 6.07) is 4.09. The molecule has 0 bridgehead atoms. The molecule has 0 fully saturated rings. The van der Waals surface area contributed by atoms with Crippen molar-refractivity contribution in [2.45, 2.75) is 12.8 Å². The number of nitrogens with one attached hydrogen (secondary N) is 1. The normalized spacial score (nSPS) is 11.6. The van der Waals surface area contributed by atoms with Gasteiger partial charge in [-0.15, -0.1) is 13.2 Å². The lowest BCUT2D eigenvalue weighted by atomic mass is 10.2. The minimum atomic E-state index is -4.71. The molecule has 0 unspecified atom stereocenters. The lowest BCUT2D eigenvalue weighted by Crippen LogP contribution is -2.16. The van der Waals surface area contributed by atoms with Crippen molar-refractivity contribution in [3.05, 3.63) is 27.5 Å². The van der Waals surface area contributed by atoms with Crippen LogP contribution in [0.4, 0.5) is 13.2 Å². The topological polar surface area (TPSA) is 51.3 Å². The van der Waals surface area contributed by atoms with Gasteiger partial charge in [0.25, 0.3) is 6.47 Å². The first-order valence-electron chi connectivity index (χ1n) is 5.52. The van der Waals surface area contributed by atoms with Crippen LogP contribution in [0.5, 0.6) is 5.75 Å². The molecule has 0 aliphatic carbocycles. The first-order valence-corrected chi connectivity index (χ1v) is 6.59. The van der Waals surface area contributed by atoms with Crippen LogP contribution >= 0.6 is 22.6 Å². The van der Waals surface area contributed by atoms with E-state index in [1.165, 1.54) is 18.2 Å². The minimum Gasteiger partial charge on any atom is -0.467 e. The number of aromatic amines is 1. The van der Waals surface area contributed by atoms with Crippen LogP contribution in [0.1, 0.15) is 5.69 Å². The van der Waals surface area contributed by atoms with Crippen LogP contribution in [-0.4, -0.2) is 24.4 Å². The third-order valence-electron chi connectivity index (χ3n) is 2.55. The maximum Gasteiger partial charge on any atom is 0.573 e. The lowest BCUT2D eigenvalue weighted by molar-refractivity contribution is -0.274. The molecule has 0 radical (unpaired) electrons. The van der Waals surface area contributed by atoms with Gasteiger partial charge in [0.1, 0.15) is 5.75 Å². The number of halogens is 4. The Bertz CT molecular complexity index is 624. The number of hydrogen-bond acceptors (Lipinski definition) is 3. The van der Waals surface area contributed by atoms with Gasteiger partial charge in [-0.1, -0.05) is 0 Å². The number of benzene rings is 1. The van der Waals surface area contributed by atoms with Crippen molar-refractivity contribution in [3.63, 3.8) is 0 Å². The van der Waals surface area contributed by atoms with Crippen LogP contribution in [0.25, 0.3) is 10.9 Å². The molecular weight excluding hydrogens is 390 g/mol. The summed E-state index contributed by atoms with van der Waals surface area (Å²) >= 11 is 2.03. The van der Waals surface area contributed by atoms with Crippen LogP contribution in [-0.2, 0) is 16.0 Å². The zero-order chi connectivity index (χ0) is 14.8. The second-order valence-corrected chi connectivity index (χ2v) is 4.97. The van der Waals surface area contributed by atoms with E-state index in [1.807, 2.05) is 22.6 Å². The fourth-order valence-electron chi connectivity index (χ4n) is 1.77. The minimum absolute atomic E-state index is 0.207. The van der Waals surface area contributed by atoms with Crippen molar-refractivity contribution in [2.75, 3.05) is 6.61 Å². The van der Waals surface area contributed by atoms with Gasteiger partial charge in [0.2, 0.25) is 0 Å². The van der Waals surface area contributed by atoms with Gasteiger partial charge < -0.3 is 14.5 Å². The number of carbonyl (C=O) groups excluding carboxylic acids is 1. The maximum absolute atomic E-state index is 12.2. The molecule has 2 rings (SSSR count). The molecule has 0 spiro atoms. The molecular formula is C12H9F3INO3. The molecule has 0 saturated heterocycles.